The highest BCUT2D eigenvalue weighted by Gasteiger charge is 2.72. The first-order valence-corrected chi connectivity index (χ1v) is 11.1. The maximum atomic E-state index is 14.2. The quantitative estimate of drug-likeness (QED) is 0.580. The number of nitrogens with one attached hydrogen (secondary N) is 1. The van der Waals surface area contributed by atoms with Crippen LogP contribution in [0.25, 0.3) is 11.1 Å². The Morgan fingerprint density at radius 1 is 1.06 bits per heavy atom. The summed E-state index contributed by atoms with van der Waals surface area (Å²) in [6, 6.07) is 15.7. The summed E-state index contributed by atoms with van der Waals surface area (Å²) in [5.41, 5.74) is 4.25. The minimum atomic E-state index is -3.23. The van der Waals surface area contributed by atoms with Crippen molar-refractivity contribution in [2.45, 2.75) is 24.7 Å². The molecule has 0 aromatic heterocycles. The highest BCUT2D eigenvalue weighted by atomic mass is 19.3. The monoisotopic (exact) mass is 472 g/mol. The first-order chi connectivity index (χ1) is 16.2. The zero-order chi connectivity index (χ0) is 24.5. The third kappa shape index (κ3) is 4.60. The molecule has 2 unspecified atom stereocenters. The average molecular weight is 472 g/mol. The van der Waals surface area contributed by atoms with E-state index in [0.717, 1.165) is 27.2 Å². The predicted molar refractivity (Wildman–Crippen MR) is 120 cm³/mol. The van der Waals surface area contributed by atoms with Gasteiger partial charge in [0.05, 0.1) is 5.92 Å². The molecule has 2 aliphatic rings. The van der Waals surface area contributed by atoms with Crippen LogP contribution in [0.5, 0.6) is 0 Å². The molecule has 1 saturated carbocycles. The van der Waals surface area contributed by atoms with Crippen molar-refractivity contribution in [1.29, 1.82) is 0 Å². The number of alkyl carbamates (subject to hydrolysis) is 1. The molecule has 2 aromatic rings. The van der Waals surface area contributed by atoms with Crippen molar-refractivity contribution >= 4 is 18.0 Å². The number of carboxylic acid groups (broad SMARTS) is 1. The largest absolute Gasteiger partial charge is 0.481 e. The third-order valence-electron chi connectivity index (χ3n) is 6.54. The van der Waals surface area contributed by atoms with Gasteiger partial charge in [-0.1, -0.05) is 48.5 Å². The van der Waals surface area contributed by atoms with Gasteiger partial charge in [0.25, 0.3) is 5.92 Å². The van der Waals surface area contributed by atoms with Crippen LogP contribution in [0.15, 0.2) is 48.5 Å². The number of hydrogen-bond acceptors (Lipinski definition) is 4. The van der Waals surface area contributed by atoms with E-state index in [1.807, 2.05) is 48.5 Å². The van der Waals surface area contributed by atoms with E-state index in [1.165, 1.54) is 7.05 Å². The van der Waals surface area contributed by atoms with Crippen molar-refractivity contribution in [1.82, 2.24) is 10.2 Å². The van der Waals surface area contributed by atoms with Gasteiger partial charge in [-0.2, -0.15) is 0 Å². The number of rotatable bonds is 9. The Morgan fingerprint density at radius 2 is 1.65 bits per heavy atom. The molecular formula is C25H26F2N2O5. The van der Waals surface area contributed by atoms with Crippen molar-refractivity contribution in [3.05, 3.63) is 59.7 Å². The van der Waals surface area contributed by atoms with E-state index in [0.29, 0.717) is 0 Å². The average Bonchev–Trinajstić information content (AvgIpc) is 3.21. The van der Waals surface area contributed by atoms with Gasteiger partial charge in [-0.3, -0.25) is 9.59 Å². The minimum absolute atomic E-state index is 0.0651. The summed E-state index contributed by atoms with van der Waals surface area (Å²) >= 11 is 0. The van der Waals surface area contributed by atoms with Crippen LogP contribution in [0.1, 0.15) is 29.9 Å². The van der Waals surface area contributed by atoms with Crippen LogP contribution in [0.4, 0.5) is 13.6 Å². The molecule has 2 aliphatic carbocycles. The molecule has 2 aromatic carbocycles. The summed E-state index contributed by atoms with van der Waals surface area (Å²) in [4.78, 5) is 36.3. The SMILES string of the molecule is CN(CCCC(=O)O)C(=O)C1C(CNC(=O)OCC2c3ccccc3-c3ccccc32)C1(F)F. The number of aliphatic carboxylic acids is 1. The maximum absolute atomic E-state index is 14.2. The van der Waals surface area contributed by atoms with E-state index in [1.54, 1.807) is 0 Å². The zero-order valence-electron chi connectivity index (χ0n) is 18.7. The van der Waals surface area contributed by atoms with Crippen molar-refractivity contribution < 1.29 is 33.0 Å². The molecule has 2 atom stereocenters. The topological polar surface area (TPSA) is 95.9 Å². The van der Waals surface area contributed by atoms with Gasteiger partial charge in [-0.15, -0.1) is 0 Å². The molecule has 0 bridgehead atoms. The number of amides is 2. The smallest absolute Gasteiger partial charge is 0.407 e. The second kappa shape index (κ2) is 9.40. The van der Waals surface area contributed by atoms with Crippen molar-refractivity contribution in [2.75, 3.05) is 26.7 Å². The summed E-state index contributed by atoms with van der Waals surface area (Å²) < 4.78 is 33.8. The molecule has 9 heteroatoms. The van der Waals surface area contributed by atoms with E-state index in [-0.39, 0.29) is 38.5 Å². The lowest BCUT2D eigenvalue weighted by molar-refractivity contribution is -0.138. The highest BCUT2D eigenvalue weighted by Crippen LogP contribution is 2.55. The fraction of sp³-hybridized carbons (Fsp3) is 0.400. The van der Waals surface area contributed by atoms with E-state index in [2.05, 4.69) is 5.32 Å². The molecular weight excluding hydrogens is 446 g/mol. The fourth-order valence-electron chi connectivity index (χ4n) is 4.64. The van der Waals surface area contributed by atoms with Crippen LogP contribution in [-0.4, -0.2) is 60.6 Å². The lowest BCUT2D eigenvalue weighted by Crippen LogP contribution is -2.32. The summed E-state index contributed by atoms with van der Waals surface area (Å²) in [6.45, 7) is -0.247. The van der Waals surface area contributed by atoms with Crippen molar-refractivity contribution in [3.63, 3.8) is 0 Å². The molecule has 180 valence electrons. The van der Waals surface area contributed by atoms with Crippen LogP contribution in [0.2, 0.25) is 0 Å². The standard InChI is InChI=1S/C25H26F2N2O5/c1-29(12-6-11-21(30)31)23(32)22-20(25(22,26)27)13-28-24(33)34-14-19-17-9-4-2-7-15(17)16-8-3-5-10-18(16)19/h2-5,7-10,19-20,22H,6,11-14H2,1H3,(H,28,33)(H,30,31). The molecule has 2 amide bonds. The van der Waals surface area contributed by atoms with Gasteiger partial charge in [0, 0.05) is 32.5 Å². The number of carboxylic acids is 1. The molecule has 0 heterocycles. The molecule has 0 aliphatic heterocycles. The van der Waals surface area contributed by atoms with Gasteiger partial charge in [0.1, 0.15) is 12.5 Å². The molecule has 2 N–H and O–H groups in total. The van der Waals surface area contributed by atoms with Gasteiger partial charge < -0.3 is 20.1 Å². The summed E-state index contributed by atoms with van der Waals surface area (Å²) in [7, 11) is 1.37. The van der Waals surface area contributed by atoms with Crippen LogP contribution >= 0.6 is 0 Å². The molecule has 0 saturated heterocycles. The lowest BCUT2D eigenvalue weighted by atomic mass is 9.98. The summed E-state index contributed by atoms with van der Waals surface area (Å²) in [6.07, 6.45) is -0.783. The van der Waals surface area contributed by atoms with Crippen LogP contribution in [0.3, 0.4) is 0 Å². The Morgan fingerprint density at radius 3 is 2.24 bits per heavy atom. The zero-order valence-corrected chi connectivity index (χ0v) is 18.7. The van der Waals surface area contributed by atoms with Gasteiger partial charge in [-0.05, 0) is 28.7 Å². The normalized spacial score (nSPS) is 19.6. The minimum Gasteiger partial charge on any atom is -0.481 e. The van der Waals surface area contributed by atoms with E-state index >= 15 is 0 Å². The summed E-state index contributed by atoms with van der Waals surface area (Å²) in [5.74, 6) is -7.99. The number of halogens is 2. The fourth-order valence-corrected chi connectivity index (χ4v) is 4.64. The number of benzene rings is 2. The van der Waals surface area contributed by atoms with Crippen LogP contribution in [-0.2, 0) is 14.3 Å². The Hall–Kier alpha value is -3.49. The van der Waals surface area contributed by atoms with Crippen LogP contribution in [0, 0.1) is 11.8 Å². The van der Waals surface area contributed by atoms with Crippen molar-refractivity contribution in [3.8, 4) is 11.1 Å². The first kappa shape index (κ1) is 23.7. The van der Waals surface area contributed by atoms with Gasteiger partial charge >= 0.3 is 12.1 Å². The molecule has 4 rings (SSSR count). The number of fused-ring (bicyclic) bond motifs is 3. The highest BCUT2D eigenvalue weighted by molar-refractivity contribution is 5.84. The van der Waals surface area contributed by atoms with Gasteiger partial charge in [0.15, 0.2) is 0 Å². The number of carbonyl (C=O) groups is 3. The van der Waals surface area contributed by atoms with Crippen LogP contribution < -0.4 is 5.32 Å². The number of carbonyl (C=O) groups excluding carboxylic acids is 2. The number of hydrogen-bond donors (Lipinski definition) is 2. The number of ether oxygens (including phenoxy) is 1. The molecule has 1 fully saturated rings. The number of nitrogens with zero attached hydrogens (tertiary/aromatic N) is 1. The predicted octanol–water partition coefficient (Wildman–Crippen LogP) is 3.73. The van der Waals surface area contributed by atoms with Gasteiger partial charge in [0.2, 0.25) is 5.91 Å². The maximum Gasteiger partial charge on any atom is 0.407 e. The van der Waals surface area contributed by atoms with E-state index in [9.17, 15) is 23.2 Å². The Labute approximate surface area is 195 Å². The van der Waals surface area contributed by atoms with Crippen molar-refractivity contribution in [2.24, 2.45) is 11.8 Å². The summed E-state index contributed by atoms with van der Waals surface area (Å²) in [5, 5.41) is 11.0. The third-order valence-corrected chi connectivity index (χ3v) is 6.54. The molecule has 34 heavy (non-hydrogen) atoms. The molecule has 0 radical (unpaired) electrons. The van der Waals surface area contributed by atoms with E-state index in [4.69, 9.17) is 9.84 Å². The van der Waals surface area contributed by atoms with E-state index < -0.39 is 35.7 Å². The second-order valence-corrected chi connectivity index (χ2v) is 8.72. The Balaban J connectivity index is 1.28. The first-order valence-electron chi connectivity index (χ1n) is 11.1. The lowest BCUT2D eigenvalue weighted by Gasteiger charge is -2.16. The Bertz CT molecular complexity index is 1060. The van der Waals surface area contributed by atoms with Gasteiger partial charge in [-0.25, -0.2) is 13.6 Å². The molecule has 0 spiro atoms. The second-order valence-electron chi connectivity index (χ2n) is 8.72. The molecule has 7 nitrogen and oxygen atoms in total. The number of alkyl halides is 2. The Kier molecular flexibility index (Phi) is 6.54.